The Labute approximate surface area is 155 Å². The predicted octanol–water partition coefficient (Wildman–Crippen LogP) is 2.43. The molecule has 0 radical (unpaired) electrons. The van der Waals surface area contributed by atoms with Gasteiger partial charge in [0.05, 0.1) is 29.8 Å². The van der Waals surface area contributed by atoms with Crippen molar-refractivity contribution >= 4 is 22.6 Å². The summed E-state index contributed by atoms with van der Waals surface area (Å²) < 4.78 is 5.76. The van der Waals surface area contributed by atoms with Crippen LogP contribution in [0.3, 0.4) is 0 Å². The number of benzene rings is 2. The van der Waals surface area contributed by atoms with E-state index >= 15 is 0 Å². The van der Waals surface area contributed by atoms with Crippen molar-refractivity contribution < 1.29 is 20.1 Å². The second-order valence-corrected chi connectivity index (χ2v) is 6.96. The van der Waals surface area contributed by atoms with Gasteiger partial charge < -0.3 is 25.0 Å². The van der Waals surface area contributed by atoms with Crippen LogP contribution in [-0.4, -0.2) is 50.2 Å². The van der Waals surface area contributed by atoms with Gasteiger partial charge in [-0.3, -0.25) is 0 Å². The number of nitrogens with zero attached hydrogens (tertiary/aromatic N) is 1. The number of nitrogens with one attached hydrogen (secondary N) is 1. The number of aromatic nitrogens is 2. The summed E-state index contributed by atoms with van der Waals surface area (Å²) in [6, 6.07) is 12.9. The van der Waals surface area contributed by atoms with Crippen LogP contribution in [-0.2, 0) is 4.74 Å². The minimum atomic E-state index is -1.05. The van der Waals surface area contributed by atoms with Gasteiger partial charge in [-0.2, -0.15) is 0 Å². The van der Waals surface area contributed by atoms with E-state index in [1.807, 2.05) is 36.4 Å². The summed E-state index contributed by atoms with van der Waals surface area (Å²) in [7, 11) is 0. The van der Waals surface area contributed by atoms with Gasteiger partial charge in [-0.15, -0.1) is 0 Å². The molecule has 4 atom stereocenters. The van der Waals surface area contributed by atoms with Crippen LogP contribution in [0.2, 0.25) is 5.02 Å². The van der Waals surface area contributed by atoms with Crippen LogP contribution in [0.4, 0.5) is 0 Å². The van der Waals surface area contributed by atoms with E-state index in [4.69, 9.17) is 16.3 Å². The van der Waals surface area contributed by atoms with Gasteiger partial charge in [0.2, 0.25) is 0 Å². The van der Waals surface area contributed by atoms with Crippen LogP contribution in [0.15, 0.2) is 42.5 Å². The molecule has 1 saturated heterocycles. The average molecular weight is 375 g/mol. The number of imidazole rings is 1. The summed E-state index contributed by atoms with van der Waals surface area (Å²) >= 11 is 6.02. The number of aromatic amines is 1. The highest BCUT2D eigenvalue weighted by Crippen LogP contribution is 2.33. The van der Waals surface area contributed by atoms with Crippen molar-refractivity contribution in [3.8, 4) is 11.4 Å². The summed E-state index contributed by atoms with van der Waals surface area (Å²) in [4.78, 5) is 7.80. The highest BCUT2D eigenvalue weighted by Gasteiger charge is 2.37. The van der Waals surface area contributed by atoms with E-state index in [2.05, 4.69) is 9.97 Å². The molecule has 0 saturated carbocycles. The van der Waals surface area contributed by atoms with Gasteiger partial charge >= 0.3 is 0 Å². The Morgan fingerprint density at radius 3 is 2.85 bits per heavy atom. The maximum atomic E-state index is 10.3. The molecule has 2 aromatic carbocycles. The second-order valence-electron chi connectivity index (χ2n) is 6.53. The number of hydrogen-bond donors (Lipinski definition) is 4. The normalized spacial score (nSPS) is 26.3. The number of hydrogen-bond acceptors (Lipinski definition) is 5. The standard InChI is InChI=1S/C19H19ClN2O4/c20-12-4-5-14-15(7-12)22-19(21-14)11-3-1-2-10(6-11)18-17(25)16(24)8-13(9-23)26-18/h1-7,13,16-18,23-25H,8-9H2,(H,21,22)/t13?,16?,17?,18-/m1/s1. The lowest BCUT2D eigenvalue weighted by molar-refractivity contribution is -0.179. The summed E-state index contributed by atoms with van der Waals surface area (Å²) in [5.41, 5.74) is 3.18. The van der Waals surface area contributed by atoms with E-state index in [0.29, 0.717) is 16.4 Å². The highest BCUT2D eigenvalue weighted by molar-refractivity contribution is 6.31. The largest absolute Gasteiger partial charge is 0.394 e. The van der Waals surface area contributed by atoms with Gasteiger partial charge in [-0.05, 0) is 29.8 Å². The molecular formula is C19H19ClN2O4. The molecule has 3 unspecified atom stereocenters. The van der Waals surface area contributed by atoms with Crippen molar-refractivity contribution in [1.29, 1.82) is 0 Å². The zero-order valence-corrected chi connectivity index (χ0v) is 14.6. The molecule has 136 valence electrons. The van der Waals surface area contributed by atoms with Gasteiger partial charge in [-0.1, -0.05) is 29.8 Å². The third kappa shape index (κ3) is 3.22. The average Bonchev–Trinajstić information content (AvgIpc) is 3.07. The third-order valence-corrected chi connectivity index (χ3v) is 4.92. The molecule has 1 aliphatic rings. The molecule has 4 N–H and O–H groups in total. The van der Waals surface area contributed by atoms with Crippen LogP contribution in [0.5, 0.6) is 0 Å². The van der Waals surface area contributed by atoms with E-state index < -0.39 is 24.4 Å². The Balaban J connectivity index is 1.69. The lowest BCUT2D eigenvalue weighted by atomic mass is 9.92. The maximum absolute atomic E-state index is 10.3. The quantitative estimate of drug-likeness (QED) is 0.564. The van der Waals surface area contributed by atoms with Crippen molar-refractivity contribution in [2.24, 2.45) is 0 Å². The van der Waals surface area contributed by atoms with Crippen LogP contribution < -0.4 is 0 Å². The fourth-order valence-electron chi connectivity index (χ4n) is 3.33. The first kappa shape index (κ1) is 17.5. The minimum absolute atomic E-state index is 0.204. The molecule has 1 aliphatic heterocycles. The Hall–Kier alpha value is -1.96. The molecule has 1 aromatic heterocycles. The van der Waals surface area contributed by atoms with Crippen molar-refractivity contribution in [2.45, 2.75) is 30.8 Å². The SMILES string of the molecule is OCC1CC(O)C(O)[C@@H](c2cccc(-c3nc4ccc(Cl)cc4[nH]3)c2)O1. The lowest BCUT2D eigenvalue weighted by Gasteiger charge is -2.36. The molecule has 3 aromatic rings. The molecule has 0 spiro atoms. The minimum Gasteiger partial charge on any atom is -0.394 e. The lowest BCUT2D eigenvalue weighted by Crippen LogP contribution is -2.44. The smallest absolute Gasteiger partial charge is 0.138 e. The summed E-state index contributed by atoms with van der Waals surface area (Å²) in [6.45, 7) is -0.204. The first-order chi connectivity index (χ1) is 12.5. The molecule has 4 rings (SSSR count). The molecule has 0 bridgehead atoms. The second kappa shape index (κ2) is 6.98. The monoisotopic (exact) mass is 374 g/mol. The Kier molecular flexibility index (Phi) is 4.69. The molecule has 7 heteroatoms. The molecular weight excluding hydrogens is 356 g/mol. The molecule has 0 amide bonds. The van der Waals surface area contributed by atoms with Crippen LogP contribution >= 0.6 is 11.6 Å². The number of aliphatic hydroxyl groups is 3. The van der Waals surface area contributed by atoms with Crippen LogP contribution in [0.1, 0.15) is 18.1 Å². The van der Waals surface area contributed by atoms with Gasteiger partial charge in [-0.25, -0.2) is 4.98 Å². The van der Waals surface area contributed by atoms with Crippen molar-refractivity contribution in [2.75, 3.05) is 6.61 Å². The molecule has 1 fully saturated rings. The van der Waals surface area contributed by atoms with Crippen LogP contribution in [0, 0.1) is 0 Å². The van der Waals surface area contributed by atoms with Gasteiger partial charge in [0.1, 0.15) is 18.0 Å². The van der Waals surface area contributed by atoms with E-state index in [1.54, 1.807) is 6.07 Å². The topological polar surface area (TPSA) is 98.6 Å². The summed E-state index contributed by atoms with van der Waals surface area (Å²) in [6.07, 6.45) is -3.01. The van der Waals surface area contributed by atoms with Gasteiger partial charge in [0.15, 0.2) is 0 Å². The summed E-state index contributed by atoms with van der Waals surface area (Å²) in [5.74, 6) is 0.675. The molecule has 0 aliphatic carbocycles. The number of halogens is 1. The van der Waals surface area contributed by atoms with E-state index in [-0.39, 0.29) is 13.0 Å². The first-order valence-corrected chi connectivity index (χ1v) is 8.81. The van der Waals surface area contributed by atoms with E-state index in [9.17, 15) is 15.3 Å². The number of rotatable bonds is 3. The fourth-order valence-corrected chi connectivity index (χ4v) is 3.50. The highest BCUT2D eigenvalue weighted by atomic mass is 35.5. The number of H-pyrrole nitrogens is 1. The van der Waals surface area contributed by atoms with E-state index in [0.717, 1.165) is 16.6 Å². The van der Waals surface area contributed by atoms with Gasteiger partial charge in [0.25, 0.3) is 0 Å². The zero-order valence-electron chi connectivity index (χ0n) is 13.8. The summed E-state index contributed by atoms with van der Waals surface area (Å²) in [5, 5.41) is 30.3. The number of aliphatic hydroxyl groups excluding tert-OH is 3. The number of fused-ring (bicyclic) bond motifs is 1. The number of ether oxygens (including phenoxy) is 1. The van der Waals surface area contributed by atoms with Gasteiger partial charge in [0, 0.05) is 17.0 Å². The maximum Gasteiger partial charge on any atom is 0.138 e. The Bertz CT molecular complexity index is 929. The molecule has 26 heavy (non-hydrogen) atoms. The molecule has 6 nitrogen and oxygen atoms in total. The van der Waals surface area contributed by atoms with E-state index in [1.165, 1.54) is 0 Å². The predicted molar refractivity (Wildman–Crippen MR) is 97.9 cm³/mol. The van der Waals surface area contributed by atoms with Crippen LogP contribution in [0.25, 0.3) is 22.4 Å². The Morgan fingerprint density at radius 2 is 2.04 bits per heavy atom. The fraction of sp³-hybridized carbons (Fsp3) is 0.316. The molecule has 2 heterocycles. The van der Waals surface area contributed by atoms with Crippen molar-refractivity contribution in [3.05, 3.63) is 53.1 Å². The Morgan fingerprint density at radius 1 is 1.19 bits per heavy atom. The zero-order chi connectivity index (χ0) is 18.3. The third-order valence-electron chi connectivity index (χ3n) is 4.68. The first-order valence-electron chi connectivity index (χ1n) is 8.43. The van der Waals surface area contributed by atoms with Crippen molar-refractivity contribution in [3.63, 3.8) is 0 Å². The van der Waals surface area contributed by atoms with Crippen molar-refractivity contribution in [1.82, 2.24) is 9.97 Å².